The Hall–Kier alpha value is -6.90. The van der Waals surface area contributed by atoms with Gasteiger partial charge in [0.2, 0.25) is 0 Å². The number of hydrogen-bond acceptors (Lipinski definition) is 5. The number of nitriles is 1. The molecule has 0 N–H and O–H groups in total. The van der Waals surface area contributed by atoms with Gasteiger partial charge in [-0.15, -0.1) is 0 Å². The topological polar surface area (TPSA) is 75.6 Å². The molecule has 0 atom stereocenters. The van der Waals surface area contributed by atoms with E-state index in [9.17, 15) is 5.26 Å². The molecule has 2 heterocycles. The van der Waals surface area contributed by atoms with Crippen molar-refractivity contribution in [3.8, 4) is 62.5 Å². The van der Waals surface area contributed by atoms with Crippen molar-refractivity contribution in [2.75, 3.05) is 0 Å². The summed E-state index contributed by atoms with van der Waals surface area (Å²) in [7, 11) is 0. The molecule has 0 aliphatic rings. The van der Waals surface area contributed by atoms with E-state index in [4.69, 9.17) is 19.4 Å². The predicted octanol–water partition coefficient (Wildman–Crippen LogP) is 11.1. The average Bonchev–Trinajstić information content (AvgIpc) is 3.57. The van der Waals surface area contributed by atoms with Crippen molar-refractivity contribution in [3.63, 3.8) is 0 Å². The molecule has 0 fully saturated rings. The van der Waals surface area contributed by atoms with Gasteiger partial charge in [-0.25, -0.2) is 15.0 Å². The second-order valence-corrected chi connectivity index (χ2v) is 11.9. The molecule has 0 saturated carbocycles. The van der Waals surface area contributed by atoms with Gasteiger partial charge in [-0.1, -0.05) is 133 Å². The van der Waals surface area contributed by atoms with Crippen LogP contribution in [0.5, 0.6) is 0 Å². The fourth-order valence-electron chi connectivity index (χ4n) is 6.62. The van der Waals surface area contributed by atoms with Crippen LogP contribution in [0.4, 0.5) is 0 Å². The van der Waals surface area contributed by atoms with Crippen molar-refractivity contribution in [2.24, 2.45) is 0 Å². The predicted molar refractivity (Wildman–Crippen MR) is 197 cm³/mol. The van der Waals surface area contributed by atoms with Crippen molar-refractivity contribution in [3.05, 3.63) is 163 Å². The molecule has 228 valence electrons. The molecule has 7 aromatic carbocycles. The number of nitrogens with zero attached hydrogens (tertiary/aromatic N) is 4. The summed E-state index contributed by atoms with van der Waals surface area (Å²) in [5, 5.41) is 13.8. The molecule has 9 aromatic rings. The van der Waals surface area contributed by atoms with Gasteiger partial charge in [0.15, 0.2) is 17.5 Å². The monoisotopic (exact) mass is 626 g/mol. The number of aromatic nitrogens is 3. The van der Waals surface area contributed by atoms with Gasteiger partial charge in [0.25, 0.3) is 0 Å². The third-order valence-corrected chi connectivity index (χ3v) is 8.95. The van der Waals surface area contributed by atoms with E-state index < -0.39 is 0 Å². The lowest BCUT2D eigenvalue weighted by Crippen LogP contribution is -2.00. The van der Waals surface area contributed by atoms with Crippen molar-refractivity contribution in [1.82, 2.24) is 15.0 Å². The Kier molecular flexibility index (Phi) is 6.78. The van der Waals surface area contributed by atoms with E-state index >= 15 is 0 Å². The van der Waals surface area contributed by atoms with E-state index in [1.54, 1.807) is 0 Å². The van der Waals surface area contributed by atoms with Crippen LogP contribution in [0.3, 0.4) is 0 Å². The normalized spacial score (nSPS) is 11.2. The van der Waals surface area contributed by atoms with E-state index in [0.29, 0.717) is 23.0 Å². The molecule has 0 unspecified atom stereocenters. The summed E-state index contributed by atoms with van der Waals surface area (Å²) in [4.78, 5) is 14.7. The summed E-state index contributed by atoms with van der Waals surface area (Å²) >= 11 is 0. The Morgan fingerprint density at radius 3 is 1.59 bits per heavy atom. The van der Waals surface area contributed by atoms with E-state index in [2.05, 4.69) is 48.5 Å². The highest BCUT2D eigenvalue weighted by atomic mass is 16.3. The molecule has 2 aromatic heterocycles. The highest BCUT2D eigenvalue weighted by molar-refractivity contribution is 6.20. The van der Waals surface area contributed by atoms with Crippen LogP contribution >= 0.6 is 0 Å². The van der Waals surface area contributed by atoms with Crippen LogP contribution in [-0.2, 0) is 0 Å². The average molecular weight is 627 g/mol. The minimum atomic E-state index is 0.612. The number of furan rings is 1. The smallest absolute Gasteiger partial charge is 0.164 e. The minimum absolute atomic E-state index is 0.612. The maximum atomic E-state index is 10.0. The SMILES string of the molecule is N#Cc1cc2c(oc3cccc(-c4cccc(-c5cccc(-c6nc(-c7ccccc7)nc(-c7ccccc7)n6)c5)c4)c32)c2ccccc12. The largest absolute Gasteiger partial charge is 0.455 e. The van der Waals surface area contributed by atoms with Crippen LogP contribution in [-0.4, -0.2) is 15.0 Å². The molecule has 9 rings (SSSR count). The van der Waals surface area contributed by atoms with E-state index in [1.165, 1.54) is 0 Å². The zero-order valence-electron chi connectivity index (χ0n) is 26.2. The van der Waals surface area contributed by atoms with Gasteiger partial charge in [-0.3, -0.25) is 0 Å². The maximum absolute atomic E-state index is 10.0. The first kappa shape index (κ1) is 28.3. The first-order valence-corrected chi connectivity index (χ1v) is 16.1. The first-order chi connectivity index (χ1) is 24.2. The van der Waals surface area contributed by atoms with Gasteiger partial charge in [-0.05, 0) is 46.5 Å². The molecule has 0 spiro atoms. The quantitative estimate of drug-likeness (QED) is 0.190. The van der Waals surface area contributed by atoms with Gasteiger partial charge >= 0.3 is 0 Å². The first-order valence-electron chi connectivity index (χ1n) is 16.1. The molecular weight excluding hydrogens is 601 g/mol. The Balaban J connectivity index is 1.17. The lowest BCUT2D eigenvalue weighted by molar-refractivity contribution is 0.672. The fraction of sp³-hybridized carbons (Fsp3) is 0. The molecule has 0 aliphatic heterocycles. The summed E-state index contributed by atoms with van der Waals surface area (Å²) in [6.45, 7) is 0. The van der Waals surface area contributed by atoms with Gasteiger partial charge < -0.3 is 4.42 Å². The number of rotatable bonds is 5. The second-order valence-electron chi connectivity index (χ2n) is 11.9. The highest BCUT2D eigenvalue weighted by Gasteiger charge is 2.18. The molecule has 0 amide bonds. The van der Waals surface area contributed by atoms with Gasteiger partial charge in [0.1, 0.15) is 11.2 Å². The molecule has 0 bridgehead atoms. The van der Waals surface area contributed by atoms with E-state index in [0.717, 1.165) is 71.7 Å². The fourth-order valence-corrected chi connectivity index (χ4v) is 6.62. The summed E-state index contributed by atoms with van der Waals surface area (Å²) in [5.74, 6) is 1.87. The van der Waals surface area contributed by atoms with Crippen molar-refractivity contribution >= 4 is 32.7 Å². The number of fused-ring (bicyclic) bond motifs is 5. The molecule has 5 heteroatoms. The zero-order valence-corrected chi connectivity index (χ0v) is 26.2. The Bertz CT molecular complexity index is 2670. The molecule has 49 heavy (non-hydrogen) atoms. The van der Waals surface area contributed by atoms with Gasteiger partial charge in [0.05, 0.1) is 11.6 Å². The van der Waals surface area contributed by atoms with Crippen molar-refractivity contribution in [1.29, 1.82) is 5.26 Å². The standard InChI is InChI=1S/C44H26N4O/c45-27-34-26-38-40-36(22-11-23-39(40)49-41(38)37-21-8-7-20-35(34)37)32-18-9-16-30(24-32)31-17-10-19-33(25-31)44-47-42(28-12-3-1-4-13-28)46-43(48-44)29-14-5-2-6-15-29/h1-26H. The van der Waals surface area contributed by atoms with Crippen LogP contribution in [0.1, 0.15) is 5.56 Å². The summed E-state index contributed by atoms with van der Waals surface area (Å²) < 4.78 is 6.46. The van der Waals surface area contributed by atoms with Gasteiger partial charge in [-0.2, -0.15) is 5.26 Å². The zero-order chi connectivity index (χ0) is 32.7. The number of benzene rings is 7. The third kappa shape index (κ3) is 5.00. The Morgan fingerprint density at radius 2 is 0.939 bits per heavy atom. The summed E-state index contributed by atoms with van der Waals surface area (Å²) in [6.07, 6.45) is 0. The molecule has 0 radical (unpaired) electrons. The Morgan fingerprint density at radius 1 is 0.429 bits per heavy atom. The summed E-state index contributed by atoms with van der Waals surface area (Å²) in [6, 6.07) is 55.3. The highest BCUT2D eigenvalue weighted by Crippen LogP contribution is 2.41. The van der Waals surface area contributed by atoms with Crippen LogP contribution in [0.2, 0.25) is 0 Å². The second kappa shape index (κ2) is 11.7. The van der Waals surface area contributed by atoms with Crippen molar-refractivity contribution in [2.45, 2.75) is 0 Å². The van der Waals surface area contributed by atoms with Gasteiger partial charge in [0, 0.05) is 38.2 Å². The van der Waals surface area contributed by atoms with Crippen LogP contribution < -0.4 is 0 Å². The molecule has 0 aliphatic carbocycles. The third-order valence-electron chi connectivity index (χ3n) is 8.95. The van der Waals surface area contributed by atoms with Crippen molar-refractivity contribution < 1.29 is 4.42 Å². The lowest BCUT2D eigenvalue weighted by atomic mass is 9.94. The maximum Gasteiger partial charge on any atom is 0.164 e. The van der Waals surface area contributed by atoms with Crippen LogP contribution in [0.15, 0.2) is 162 Å². The number of hydrogen-bond donors (Lipinski definition) is 0. The van der Waals surface area contributed by atoms with E-state index in [-0.39, 0.29) is 0 Å². The molecule has 5 nitrogen and oxygen atoms in total. The Labute approximate surface area is 282 Å². The molecule has 0 saturated heterocycles. The van der Waals surface area contributed by atoms with E-state index in [1.807, 2.05) is 115 Å². The van der Waals surface area contributed by atoms with Crippen LogP contribution in [0.25, 0.3) is 89.1 Å². The van der Waals surface area contributed by atoms with Crippen LogP contribution in [0, 0.1) is 11.3 Å². The summed E-state index contributed by atoms with van der Waals surface area (Å²) in [5.41, 5.74) is 9.20. The molecular formula is C44H26N4O. The lowest BCUT2D eigenvalue weighted by Gasteiger charge is -2.11. The minimum Gasteiger partial charge on any atom is -0.455 e.